The molecule has 1 N–H and O–H groups in total. The molecule has 2 rings (SSSR count). The van der Waals surface area contributed by atoms with E-state index < -0.39 is 4.92 Å². The number of hydrogen-bond donors (Lipinski definition) is 1. The van der Waals surface area contributed by atoms with E-state index in [0.717, 1.165) is 5.69 Å². The average Bonchev–Trinajstić information content (AvgIpc) is 2.88. The maximum atomic E-state index is 11.0. The summed E-state index contributed by atoms with van der Waals surface area (Å²) in [5.74, 6) is 0.293. The summed E-state index contributed by atoms with van der Waals surface area (Å²) >= 11 is 1.66. The molecule has 0 aliphatic rings. The summed E-state index contributed by atoms with van der Waals surface area (Å²) in [7, 11) is 0. The van der Waals surface area contributed by atoms with Crippen LogP contribution in [0.4, 0.5) is 11.4 Å². The minimum Gasteiger partial charge on any atom is -0.484 e. The summed E-state index contributed by atoms with van der Waals surface area (Å²) in [6.07, 6.45) is -0.110. The number of hydrogen-bond acceptors (Lipinski definition) is 5. The van der Waals surface area contributed by atoms with Crippen LogP contribution in [0.25, 0.3) is 0 Å². The molecule has 0 spiro atoms. The molecule has 0 radical (unpaired) electrons. The Balaban J connectivity index is 2.15. The second-order valence-corrected chi connectivity index (χ2v) is 5.57. The van der Waals surface area contributed by atoms with Crippen molar-refractivity contribution in [3.8, 4) is 5.75 Å². The zero-order valence-electron chi connectivity index (χ0n) is 11.3. The molecule has 2 aromatic rings. The van der Waals surface area contributed by atoms with Crippen LogP contribution in [0.1, 0.15) is 18.7 Å². The molecule has 0 amide bonds. The lowest BCUT2D eigenvalue weighted by Crippen LogP contribution is -2.08. The van der Waals surface area contributed by atoms with E-state index in [2.05, 4.69) is 5.32 Å². The number of anilines is 1. The van der Waals surface area contributed by atoms with Crippen molar-refractivity contribution in [1.82, 2.24) is 0 Å². The highest BCUT2D eigenvalue weighted by atomic mass is 32.1. The fourth-order valence-corrected chi connectivity index (χ4v) is 2.37. The molecular weight excluding hydrogens is 276 g/mol. The Morgan fingerprint density at radius 3 is 2.80 bits per heavy atom. The van der Waals surface area contributed by atoms with E-state index >= 15 is 0 Å². The topological polar surface area (TPSA) is 64.4 Å². The van der Waals surface area contributed by atoms with Gasteiger partial charge in [0.1, 0.15) is 0 Å². The zero-order chi connectivity index (χ0) is 14.5. The number of benzene rings is 1. The maximum absolute atomic E-state index is 11.0. The van der Waals surface area contributed by atoms with Crippen LogP contribution in [0, 0.1) is 10.1 Å². The highest BCUT2D eigenvalue weighted by Crippen LogP contribution is 2.31. The lowest BCUT2D eigenvalue weighted by atomic mass is 10.2. The molecule has 0 aliphatic heterocycles. The van der Waals surface area contributed by atoms with Gasteiger partial charge in [-0.05, 0) is 31.4 Å². The van der Waals surface area contributed by atoms with Crippen LogP contribution >= 0.6 is 11.3 Å². The van der Waals surface area contributed by atoms with Crippen molar-refractivity contribution in [2.24, 2.45) is 0 Å². The fraction of sp³-hybridized carbons (Fsp3) is 0.286. The minimum atomic E-state index is -0.430. The number of thiophene rings is 1. The van der Waals surface area contributed by atoms with E-state index in [1.807, 2.05) is 31.4 Å². The quantitative estimate of drug-likeness (QED) is 0.644. The second-order valence-electron chi connectivity index (χ2n) is 4.54. The minimum absolute atomic E-state index is 0.0135. The molecule has 0 atom stereocenters. The standard InChI is InChI=1S/C14H16N2O3S/c1-10(2)19-14-8-11(5-6-13(14)16(17)18)15-9-12-4-3-7-20-12/h3-8,10,15H,9H2,1-2H3. The van der Waals surface area contributed by atoms with Crippen LogP contribution in [0.15, 0.2) is 35.7 Å². The molecule has 0 bridgehead atoms. The first-order valence-electron chi connectivity index (χ1n) is 6.27. The predicted octanol–water partition coefficient (Wildman–Crippen LogP) is 4.06. The maximum Gasteiger partial charge on any atom is 0.311 e. The van der Waals surface area contributed by atoms with Gasteiger partial charge in [0, 0.05) is 29.2 Å². The van der Waals surface area contributed by atoms with Crippen LogP contribution in [-0.4, -0.2) is 11.0 Å². The van der Waals surface area contributed by atoms with Crippen molar-refractivity contribution in [2.45, 2.75) is 26.5 Å². The molecule has 106 valence electrons. The number of nitrogens with zero attached hydrogens (tertiary/aromatic N) is 1. The van der Waals surface area contributed by atoms with Crippen molar-refractivity contribution in [2.75, 3.05) is 5.32 Å². The fourth-order valence-electron chi connectivity index (χ4n) is 1.73. The van der Waals surface area contributed by atoms with Crippen molar-refractivity contribution < 1.29 is 9.66 Å². The molecular formula is C14H16N2O3S. The lowest BCUT2D eigenvalue weighted by molar-refractivity contribution is -0.386. The monoisotopic (exact) mass is 292 g/mol. The van der Waals surface area contributed by atoms with Crippen molar-refractivity contribution in [1.29, 1.82) is 0 Å². The Labute approximate surface area is 121 Å². The van der Waals surface area contributed by atoms with Gasteiger partial charge in [0.25, 0.3) is 0 Å². The number of ether oxygens (including phenoxy) is 1. The predicted molar refractivity (Wildman–Crippen MR) is 80.5 cm³/mol. The Kier molecular flexibility index (Phi) is 4.57. The van der Waals surface area contributed by atoms with E-state index in [9.17, 15) is 10.1 Å². The van der Waals surface area contributed by atoms with Crippen molar-refractivity contribution in [3.05, 3.63) is 50.7 Å². The third kappa shape index (κ3) is 3.71. The van der Waals surface area contributed by atoms with Gasteiger partial charge in [-0.2, -0.15) is 0 Å². The zero-order valence-corrected chi connectivity index (χ0v) is 12.1. The Bertz CT molecular complexity index is 582. The Hall–Kier alpha value is -2.08. The van der Waals surface area contributed by atoms with E-state index in [0.29, 0.717) is 12.3 Å². The first-order chi connectivity index (χ1) is 9.56. The third-order valence-electron chi connectivity index (χ3n) is 2.57. The molecule has 5 nitrogen and oxygen atoms in total. The SMILES string of the molecule is CC(C)Oc1cc(NCc2cccs2)ccc1[N+](=O)[O-]. The highest BCUT2D eigenvalue weighted by Gasteiger charge is 2.16. The molecule has 20 heavy (non-hydrogen) atoms. The highest BCUT2D eigenvalue weighted by molar-refractivity contribution is 7.09. The van der Waals surface area contributed by atoms with E-state index in [-0.39, 0.29) is 11.8 Å². The van der Waals surface area contributed by atoms with Crippen LogP contribution in [-0.2, 0) is 6.54 Å². The summed E-state index contributed by atoms with van der Waals surface area (Å²) < 4.78 is 5.51. The summed E-state index contributed by atoms with van der Waals surface area (Å²) in [5, 5.41) is 16.2. The second kappa shape index (κ2) is 6.38. The molecule has 0 unspecified atom stereocenters. The molecule has 0 saturated carbocycles. The molecule has 1 aromatic carbocycles. The number of rotatable bonds is 6. The van der Waals surface area contributed by atoms with Gasteiger partial charge in [-0.15, -0.1) is 11.3 Å². The van der Waals surface area contributed by atoms with Gasteiger partial charge in [0.15, 0.2) is 5.75 Å². The third-order valence-corrected chi connectivity index (χ3v) is 3.44. The molecule has 6 heteroatoms. The van der Waals surface area contributed by atoms with Crippen LogP contribution < -0.4 is 10.1 Å². The Morgan fingerprint density at radius 2 is 2.20 bits per heavy atom. The van der Waals surface area contributed by atoms with Crippen LogP contribution in [0.2, 0.25) is 0 Å². The first kappa shape index (κ1) is 14.3. The summed E-state index contributed by atoms with van der Waals surface area (Å²) in [4.78, 5) is 11.7. The summed E-state index contributed by atoms with van der Waals surface area (Å²) in [6.45, 7) is 4.38. The molecule has 0 aliphatic carbocycles. The summed E-state index contributed by atoms with van der Waals surface area (Å²) in [5.41, 5.74) is 0.792. The van der Waals surface area contributed by atoms with Crippen molar-refractivity contribution in [3.63, 3.8) is 0 Å². The molecule has 1 heterocycles. The van der Waals surface area contributed by atoms with Gasteiger partial charge in [0.05, 0.1) is 11.0 Å². The first-order valence-corrected chi connectivity index (χ1v) is 7.15. The summed E-state index contributed by atoms with van der Waals surface area (Å²) in [6, 6.07) is 8.86. The number of nitro groups is 1. The smallest absolute Gasteiger partial charge is 0.311 e. The largest absolute Gasteiger partial charge is 0.484 e. The number of nitro benzene ring substituents is 1. The normalized spacial score (nSPS) is 10.6. The number of nitrogens with one attached hydrogen (secondary N) is 1. The Morgan fingerprint density at radius 1 is 1.40 bits per heavy atom. The van der Waals surface area contributed by atoms with Gasteiger partial charge in [0.2, 0.25) is 0 Å². The van der Waals surface area contributed by atoms with Crippen LogP contribution in [0.5, 0.6) is 5.75 Å². The molecule has 0 saturated heterocycles. The van der Waals surface area contributed by atoms with E-state index in [1.165, 1.54) is 10.9 Å². The lowest BCUT2D eigenvalue weighted by Gasteiger charge is -2.12. The van der Waals surface area contributed by atoms with Gasteiger partial charge in [-0.1, -0.05) is 6.07 Å². The average molecular weight is 292 g/mol. The van der Waals surface area contributed by atoms with E-state index in [1.54, 1.807) is 23.5 Å². The van der Waals surface area contributed by atoms with Gasteiger partial charge < -0.3 is 10.1 Å². The van der Waals surface area contributed by atoms with E-state index in [4.69, 9.17) is 4.74 Å². The van der Waals surface area contributed by atoms with Gasteiger partial charge >= 0.3 is 5.69 Å². The van der Waals surface area contributed by atoms with Gasteiger partial charge in [-0.25, -0.2) is 0 Å². The molecule has 0 fully saturated rings. The molecule has 1 aromatic heterocycles. The van der Waals surface area contributed by atoms with Gasteiger partial charge in [-0.3, -0.25) is 10.1 Å². The van der Waals surface area contributed by atoms with Crippen molar-refractivity contribution >= 4 is 22.7 Å². The van der Waals surface area contributed by atoms with Crippen LogP contribution in [0.3, 0.4) is 0 Å².